The van der Waals surface area contributed by atoms with Gasteiger partial charge in [0, 0.05) is 11.3 Å². The van der Waals surface area contributed by atoms with Gasteiger partial charge in [-0.3, -0.25) is 0 Å². The molecule has 5 rings (SSSR count). The smallest absolute Gasteiger partial charge is 0.0998 e. The second-order valence-corrected chi connectivity index (χ2v) is 7.77. The number of aromatic nitrogens is 1. The van der Waals surface area contributed by atoms with Crippen LogP contribution in [0.3, 0.4) is 0 Å². The summed E-state index contributed by atoms with van der Waals surface area (Å²) in [7, 11) is 0. The Kier molecular flexibility index (Phi) is 5.70. The maximum atomic E-state index is 9.99. The molecular formula is C31H22N2. The average Bonchev–Trinajstić information content (AvgIpc) is 3.28. The van der Waals surface area contributed by atoms with Gasteiger partial charge in [-0.15, -0.1) is 0 Å². The van der Waals surface area contributed by atoms with Gasteiger partial charge in [0.15, 0.2) is 0 Å². The lowest BCUT2D eigenvalue weighted by atomic mass is 10.0. The van der Waals surface area contributed by atoms with E-state index in [0.29, 0.717) is 5.57 Å². The second-order valence-electron chi connectivity index (χ2n) is 7.77. The quantitative estimate of drug-likeness (QED) is 0.265. The van der Waals surface area contributed by atoms with Gasteiger partial charge in [0.05, 0.1) is 23.0 Å². The molecule has 0 amide bonds. The number of para-hydroxylation sites is 1. The van der Waals surface area contributed by atoms with E-state index in [0.717, 1.165) is 39.3 Å². The van der Waals surface area contributed by atoms with Crippen LogP contribution < -0.4 is 0 Å². The molecule has 0 N–H and O–H groups in total. The van der Waals surface area contributed by atoms with Gasteiger partial charge in [-0.05, 0) is 41.0 Å². The van der Waals surface area contributed by atoms with Gasteiger partial charge in [0.1, 0.15) is 0 Å². The van der Waals surface area contributed by atoms with Crippen molar-refractivity contribution in [3.63, 3.8) is 0 Å². The number of nitriles is 1. The Bertz CT molecular complexity index is 1420. The molecule has 0 aliphatic rings. The summed E-state index contributed by atoms with van der Waals surface area (Å²) in [5, 5.41) is 9.99. The van der Waals surface area contributed by atoms with Crippen LogP contribution in [0, 0.1) is 11.3 Å². The zero-order valence-corrected chi connectivity index (χ0v) is 18.1. The van der Waals surface area contributed by atoms with Crippen molar-refractivity contribution in [3.8, 4) is 34.3 Å². The zero-order valence-electron chi connectivity index (χ0n) is 18.1. The van der Waals surface area contributed by atoms with Crippen molar-refractivity contribution in [2.45, 2.75) is 0 Å². The van der Waals surface area contributed by atoms with Crippen LogP contribution in [0.1, 0.15) is 11.1 Å². The molecule has 2 nitrogen and oxygen atoms in total. The topological polar surface area (TPSA) is 28.7 Å². The van der Waals surface area contributed by atoms with Crippen molar-refractivity contribution >= 4 is 11.6 Å². The average molecular weight is 423 g/mol. The molecule has 0 saturated carbocycles. The summed E-state index contributed by atoms with van der Waals surface area (Å²) < 4.78 is 2.29. The van der Waals surface area contributed by atoms with Gasteiger partial charge >= 0.3 is 0 Å². The lowest BCUT2D eigenvalue weighted by molar-refractivity contribution is 1.09. The third-order valence-corrected chi connectivity index (χ3v) is 5.67. The minimum atomic E-state index is 0.637. The van der Waals surface area contributed by atoms with E-state index in [1.807, 2.05) is 54.6 Å². The Hall–Kier alpha value is -4.61. The predicted octanol–water partition coefficient (Wildman–Crippen LogP) is 7.88. The van der Waals surface area contributed by atoms with Gasteiger partial charge in [-0.25, -0.2) is 0 Å². The van der Waals surface area contributed by atoms with Crippen molar-refractivity contribution < 1.29 is 0 Å². The summed E-state index contributed by atoms with van der Waals surface area (Å²) in [6, 6.07) is 45.6. The Balaban J connectivity index is 1.84. The maximum Gasteiger partial charge on any atom is 0.0998 e. The Morgan fingerprint density at radius 3 is 1.73 bits per heavy atom. The molecule has 156 valence electrons. The molecule has 0 unspecified atom stereocenters. The van der Waals surface area contributed by atoms with E-state index in [2.05, 4.69) is 89.5 Å². The molecule has 0 aliphatic carbocycles. The fourth-order valence-electron chi connectivity index (χ4n) is 4.15. The van der Waals surface area contributed by atoms with Crippen LogP contribution in [0.5, 0.6) is 0 Å². The van der Waals surface area contributed by atoms with Crippen LogP contribution in [-0.4, -0.2) is 4.57 Å². The molecule has 0 radical (unpaired) electrons. The highest BCUT2D eigenvalue weighted by Gasteiger charge is 2.19. The molecule has 4 aromatic carbocycles. The highest BCUT2D eigenvalue weighted by molar-refractivity contribution is 5.94. The summed E-state index contributed by atoms with van der Waals surface area (Å²) in [4.78, 5) is 0. The minimum Gasteiger partial charge on any atom is -0.309 e. The standard InChI is InChI=1S/C31H22N2/c32-23-28(24-13-5-1-6-14-24)21-27-22-30(25-15-7-2-8-16-25)33(29-19-11-4-12-20-29)31(27)26-17-9-3-10-18-26/h1-22H. The monoisotopic (exact) mass is 422 g/mol. The van der Waals surface area contributed by atoms with Crippen molar-refractivity contribution in [2.75, 3.05) is 0 Å². The van der Waals surface area contributed by atoms with E-state index < -0.39 is 0 Å². The van der Waals surface area contributed by atoms with E-state index in [1.165, 1.54) is 0 Å². The number of rotatable bonds is 5. The first-order valence-electron chi connectivity index (χ1n) is 10.9. The summed E-state index contributed by atoms with van der Waals surface area (Å²) in [6.45, 7) is 0. The fraction of sp³-hybridized carbons (Fsp3) is 0. The molecule has 0 atom stereocenters. The van der Waals surface area contributed by atoms with Crippen LogP contribution >= 0.6 is 0 Å². The minimum absolute atomic E-state index is 0.637. The SMILES string of the molecule is N#CC(=Cc1cc(-c2ccccc2)n(-c2ccccc2)c1-c1ccccc1)c1ccccc1. The van der Waals surface area contributed by atoms with Gasteiger partial charge < -0.3 is 4.57 Å². The summed E-state index contributed by atoms with van der Waals surface area (Å²) in [5.41, 5.74) is 7.99. The van der Waals surface area contributed by atoms with Crippen LogP contribution in [0.15, 0.2) is 127 Å². The third-order valence-electron chi connectivity index (χ3n) is 5.67. The molecule has 0 fully saturated rings. The van der Waals surface area contributed by atoms with Gasteiger partial charge in [0.25, 0.3) is 0 Å². The lowest BCUT2D eigenvalue weighted by Crippen LogP contribution is -1.99. The number of nitrogens with zero attached hydrogens (tertiary/aromatic N) is 2. The molecule has 1 heterocycles. The van der Waals surface area contributed by atoms with E-state index in [4.69, 9.17) is 0 Å². The molecule has 0 bridgehead atoms. The Morgan fingerprint density at radius 2 is 1.15 bits per heavy atom. The molecule has 2 heteroatoms. The Labute approximate surface area is 194 Å². The van der Waals surface area contributed by atoms with E-state index in [-0.39, 0.29) is 0 Å². The van der Waals surface area contributed by atoms with Gasteiger partial charge in [-0.1, -0.05) is 109 Å². The van der Waals surface area contributed by atoms with Crippen molar-refractivity contribution in [1.29, 1.82) is 5.26 Å². The highest BCUT2D eigenvalue weighted by Crippen LogP contribution is 2.37. The van der Waals surface area contributed by atoms with E-state index in [1.54, 1.807) is 0 Å². The lowest BCUT2D eigenvalue weighted by Gasteiger charge is -2.15. The number of benzene rings is 4. The summed E-state index contributed by atoms with van der Waals surface area (Å²) >= 11 is 0. The number of hydrogen-bond donors (Lipinski definition) is 0. The first-order chi connectivity index (χ1) is 16.3. The first-order valence-corrected chi connectivity index (χ1v) is 10.9. The Morgan fingerprint density at radius 1 is 0.636 bits per heavy atom. The zero-order chi connectivity index (χ0) is 22.5. The van der Waals surface area contributed by atoms with Crippen LogP contribution in [0.25, 0.3) is 39.9 Å². The van der Waals surface area contributed by atoms with Gasteiger partial charge in [0.2, 0.25) is 0 Å². The van der Waals surface area contributed by atoms with Crippen LogP contribution in [-0.2, 0) is 0 Å². The van der Waals surface area contributed by atoms with E-state index in [9.17, 15) is 5.26 Å². The van der Waals surface area contributed by atoms with E-state index >= 15 is 0 Å². The maximum absolute atomic E-state index is 9.99. The highest BCUT2D eigenvalue weighted by atomic mass is 15.0. The predicted molar refractivity (Wildman–Crippen MR) is 137 cm³/mol. The van der Waals surface area contributed by atoms with Gasteiger partial charge in [-0.2, -0.15) is 5.26 Å². The largest absolute Gasteiger partial charge is 0.309 e. The molecule has 5 aromatic rings. The van der Waals surface area contributed by atoms with Crippen molar-refractivity contribution in [2.24, 2.45) is 0 Å². The molecule has 0 saturated heterocycles. The molecular weight excluding hydrogens is 400 g/mol. The normalized spacial score (nSPS) is 11.2. The second kappa shape index (κ2) is 9.26. The third kappa shape index (κ3) is 4.13. The number of allylic oxidation sites excluding steroid dienone is 1. The number of hydrogen-bond acceptors (Lipinski definition) is 1. The van der Waals surface area contributed by atoms with Crippen molar-refractivity contribution in [1.82, 2.24) is 4.57 Å². The molecule has 33 heavy (non-hydrogen) atoms. The van der Waals surface area contributed by atoms with Crippen LogP contribution in [0.4, 0.5) is 0 Å². The molecule has 1 aromatic heterocycles. The summed E-state index contributed by atoms with van der Waals surface area (Å²) in [5.74, 6) is 0. The fourth-order valence-corrected chi connectivity index (χ4v) is 4.15. The van der Waals surface area contributed by atoms with Crippen molar-refractivity contribution in [3.05, 3.63) is 139 Å². The summed E-state index contributed by atoms with van der Waals surface area (Å²) in [6.07, 6.45) is 2.00. The molecule has 0 aliphatic heterocycles. The van der Waals surface area contributed by atoms with Crippen LogP contribution in [0.2, 0.25) is 0 Å². The molecule has 0 spiro atoms. The first kappa shape index (κ1) is 20.3.